The number of sulfonamides is 1. The zero-order chi connectivity index (χ0) is 22.6. The van der Waals surface area contributed by atoms with Crippen LogP contribution in [0.15, 0.2) is 36.8 Å². The SMILES string of the molecule is CCS(=O)(=O)Nc1nccnc1CNc1nc(Nc2ccc3c(c2)CCNC3)ncc1C.Cl.Cl. The van der Waals surface area contributed by atoms with Crippen molar-refractivity contribution in [3.8, 4) is 0 Å². The fraction of sp³-hybridized carbons (Fsp3) is 0.333. The van der Waals surface area contributed by atoms with Crippen LogP contribution >= 0.6 is 24.8 Å². The number of hydrogen-bond acceptors (Lipinski definition) is 9. The molecule has 0 saturated carbocycles. The van der Waals surface area contributed by atoms with Crippen LogP contribution in [0, 0.1) is 6.92 Å². The minimum absolute atomic E-state index is 0. The number of benzene rings is 1. The van der Waals surface area contributed by atoms with E-state index in [1.165, 1.54) is 23.5 Å². The van der Waals surface area contributed by atoms with E-state index in [-0.39, 0.29) is 42.9 Å². The molecule has 4 N–H and O–H groups in total. The summed E-state index contributed by atoms with van der Waals surface area (Å²) in [5, 5.41) is 9.85. The van der Waals surface area contributed by atoms with Gasteiger partial charge in [-0.15, -0.1) is 24.8 Å². The van der Waals surface area contributed by atoms with Gasteiger partial charge in [0.2, 0.25) is 16.0 Å². The lowest BCUT2D eigenvalue weighted by Gasteiger charge is -2.18. The van der Waals surface area contributed by atoms with Gasteiger partial charge in [0.25, 0.3) is 0 Å². The van der Waals surface area contributed by atoms with Crippen LogP contribution in [0.4, 0.5) is 23.3 Å². The van der Waals surface area contributed by atoms with Gasteiger partial charge < -0.3 is 16.0 Å². The van der Waals surface area contributed by atoms with Crippen molar-refractivity contribution in [1.29, 1.82) is 0 Å². The van der Waals surface area contributed by atoms with E-state index < -0.39 is 10.0 Å². The van der Waals surface area contributed by atoms with Gasteiger partial charge in [-0.25, -0.2) is 18.4 Å². The maximum atomic E-state index is 11.9. The molecule has 0 amide bonds. The van der Waals surface area contributed by atoms with Crippen molar-refractivity contribution in [1.82, 2.24) is 25.3 Å². The van der Waals surface area contributed by atoms with Crippen LogP contribution in [0.1, 0.15) is 29.3 Å². The van der Waals surface area contributed by atoms with Crippen molar-refractivity contribution in [2.45, 2.75) is 33.4 Å². The fourth-order valence-corrected chi connectivity index (χ4v) is 3.94. The molecule has 0 atom stereocenters. The minimum atomic E-state index is -3.45. The molecular weight excluding hydrogens is 499 g/mol. The monoisotopic (exact) mass is 526 g/mol. The minimum Gasteiger partial charge on any atom is -0.364 e. The molecule has 1 aliphatic rings. The van der Waals surface area contributed by atoms with Crippen LogP contribution in [0.25, 0.3) is 0 Å². The summed E-state index contributed by atoms with van der Waals surface area (Å²) in [6.07, 6.45) is 5.70. The molecule has 0 bridgehead atoms. The average molecular weight is 527 g/mol. The molecule has 0 aliphatic carbocycles. The summed E-state index contributed by atoms with van der Waals surface area (Å²) >= 11 is 0. The lowest BCUT2D eigenvalue weighted by atomic mass is 10.0. The third-order valence-electron chi connectivity index (χ3n) is 5.15. The molecule has 3 aromatic rings. The molecule has 1 aromatic carbocycles. The normalized spacial score (nSPS) is 12.5. The fourth-order valence-electron chi connectivity index (χ4n) is 3.33. The summed E-state index contributed by atoms with van der Waals surface area (Å²) in [5.41, 5.74) is 4.90. The zero-order valence-electron chi connectivity index (χ0n) is 18.8. The molecule has 184 valence electrons. The molecular formula is C21H28Cl2N8O2S. The molecule has 0 saturated heterocycles. The van der Waals surface area contributed by atoms with Gasteiger partial charge >= 0.3 is 0 Å². The van der Waals surface area contributed by atoms with Gasteiger partial charge in [0.15, 0.2) is 5.82 Å². The number of aromatic nitrogens is 4. The first kappa shape index (κ1) is 27.5. The van der Waals surface area contributed by atoms with E-state index in [1.54, 1.807) is 13.1 Å². The second-order valence-corrected chi connectivity index (χ2v) is 9.48. The predicted octanol–water partition coefficient (Wildman–Crippen LogP) is 3.18. The molecule has 0 fully saturated rings. The van der Waals surface area contributed by atoms with Crippen LogP contribution in [0.2, 0.25) is 0 Å². The third-order valence-corrected chi connectivity index (χ3v) is 6.41. The molecule has 4 rings (SSSR count). The molecule has 0 spiro atoms. The lowest BCUT2D eigenvalue weighted by Crippen LogP contribution is -2.23. The Labute approximate surface area is 211 Å². The number of nitrogens with zero attached hydrogens (tertiary/aromatic N) is 4. The Bertz CT molecular complexity index is 1230. The van der Waals surface area contributed by atoms with Gasteiger partial charge in [0.05, 0.1) is 12.3 Å². The number of anilines is 4. The number of hydrogen-bond donors (Lipinski definition) is 4. The third kappa shape index (κ3) is 6.89. The van der Waals surface area contributed by atoms with E-state index >= 15 is 0 Å². The van der Waals surface area contributed by atoms with Crippen molar-refractivity contribution in [2.75, 3.05) is 27.7 Å². The van der Waals surface area contributed by atoms with E-state index in [0.717, 1.165) is 30.8 Å². The Kier molecular flexibility index (Phi) is 9.80. The average Bonchev–Trinajstić information content (AvgIpc) is 2.80. The van der Waals surface area contributed by atoms with Gasteiger partial charge in [-0.3, -0.25) is 9.71 Å². The van der Waals surface area contributed by atoms with Gasteiger partial charge in [0.1, 0.15) is 11.5 Å². The quantitative estimate of drug-likeness (QED) is 0.349. The highest BCUT2D eigenvalue weighted by Gasteiger charge is 2.14. The molecule has 0 unspecified atom stereocenters. The standard InChI is InChI=1S/C21H26N8O2S.2ClH/c1-3-32(30,31)29-20-18(23-8-9-24-20)13-25-19-14(2)11-26-21(28-19)27-17-5-4-16-12-22-7-6-15(16)10-17;;/h4-5,8-11,22H,3,6-7,12-13H2,1-2H3,(H,24,29)(H2,25,26,27,28);2*1H. The van der Waals surface area contributed by atoms with Crippen LogP contribution in [-0.2, 0) is 29.5 Å². The first-order valence-electron chi connectivity index (χ1n) is 10.4. The Morgan fingerprint density at radius 1 is 1.06 bits per heavy atom. The highest BCUT2D eigenvalue weighted by Crippen LogP contribution is 2.22. The number of halogens is 2. The highest BCUT2D eigenvalue weighted by atomic mass is 35.5. The maximum absolute atomic E-state index is 11.9. The summed E-state index contributed by atoms with van der Waals surface area (Å²) in [4.78, 5) is 17.3. The largest absolute Gasteiger partial charge is 0.364 e. The summed E-state index contributed by atoms with van der Waals surface area (Å²) in [7, 11) is -3.45. The van der Waals surface area contributed by atoms with E-state index in [4.69, 9.17) is 0 Å². The molecule has 34 heavy (non-hydrogen) atoms. The van der Waals surface area contributed by atoms with Crippen molar-refractivity contribution in [3.05, 3.63) is 59.2 Å². The van der Waals surface area contributed by atoms with E-state index in [0.29, 0.717) is 17.5 Å². The van der Waals surface area contributed by atoms with Crippen LogP contribution in [0.5, 0.6) is 0 Å². The predicted molar refractivity (Wildman–Crippen MR) is 139 cm³/mol. The van der Waals surface area contributed by atoms with Crippen molar-refractivity contribution in [2.24, 2.45) is 0 Å². The molecule has 10 nitrogen and oxygen atoms in total. The van der Waals surface area contributed by atoms with Crippen LogP contribution < -0.4 is 20.7 Å². The Morgan fingerprint density at radius 2 is 1.85 bits per heavy atom. The second kappa shape index (κ2) is 12.1. The van der Waals surface area contributed by atoms with Gasteiger partial charge in [-0.1, -0.05) is 6.07 Å². The Morgan fingerprint density at radius 3 is 2.65 bits per heavy atom. The summed E-state index contributed by atoms with van der Waals surface area (Å²) in [6, 6.07) is 6.27. The van der Waals surface area contributed by atoms with E-state index in [1.807, 2.05) is 13.0 Å². The number of nitrogens with one attached hydrogen (secondary N) is 4. The number of fused-ring (bicyclic) bond motifs is 1. The maximum Gasteiger partial charge on any atom is 0.233 e. The molecule has 0 radical (unpaired) electrons. The van der Waals surface area contributed by atoms with Crippen molar-refractivity contribution < 1.29 is 8.42 Å². The van der Waals surface area contributed by atoms with Crippen molar-refractivity contribution in [3.63, 3.8) is 0 Å². The lowest BCUT2D eigenvalue weighted by molar-refractivity contribution is 0.602. The molecule has 3 heterocycles. The Hall–Kier alpha value is -2.73. The highest BCUT2D eigenvalue weighted by molar-refractivity contribution is 7.92. The second-order valence-electron chi connectivity index (χ2n) is 7.47. The number of aryl methyl sites for hydroxylation is 1. The molecule has 13 heteroatoms. The van der Waals surface area contributed by atoms with Crippen molar-refractivity contribution >= 4 is 58.1 Å². The topological polar surface area (TPSA) is 134 Å². The summed E-state index contributed by atoms with van der Waals surface area (Å²) in [6.45, 7) is 5.58. The summed E-state index contributed by atoms with van der Waals surface area (Å²) in [5.74, 6) is 1.25. The van der Waals surface area contributed by atoms with E-state index in [9.17, 15) is 8.42 Å². The van der Waals surface area contributed by atoms with Crippen LogP contribution in [0.3, 0.4) is 0 Å². The molecule has 1 aliphatic heterocycles. The first-order valence-corrected chi connectivity index (χ1v) is 12.1. The van der Waals surface area contributed by atoms with E-state index in [2.05, 4.69) is 52.7 Å². The van der Waals surface area contributed by atoms with Gasteiger partial charge in [-0.05, 0) is 50.1 Å². The summed E-state index contributed by atoms with van der Waals surface area (Å²) < 4.78 is 26.3. The smallest absolute Gasteiger partial charge is 0.233 e. The van der Waals surface area contributed by atoms with Gasteiger partial charge in [0, 0.05) is 36.4 Å². The van der Waals surface area contributed by atoms with Gasteiger partial charge in [-0.2, -0.15) is 4.98 Å². The number of rotatable bonds is 8. The zero-order valence-corrected chi connectivity index (χ0v) is 21.3. The Balaban J connectivity index is 0.00000204. The molecule has 2 aromatic heterocycles. The first-order chi connectivity index (χ1) is 15.4. The van der Waals surface area contributed by atoms with Crippen LogP contribution in [-0.4, -0.2) is 40.7 Å².